The molecule has 0 aliphatic rings. The van der Waals surface area contributed by atoms with Crippen molar-refractivity contribution >= 4 is 16.5 Å². The van der Waals surface area contributed by atoms with E-state index in [-0.39, 0.29) is 5.75 Å². The Morgan fingerprint density at radius 2 is 1.79 bits per heavy atom. The van der Waals surface area contributed by atoms with Crippen LogP contribution in [-0.2, 0) is 0 Å². The van der Waals surface area contributed by atoms with Crippen molar-refractivity contribution in [2.45, 2.75) is 0 Å². The van der Waals surface area contributed by atoms with E-state index in [1.807, 2.05) is 0 Å². The minimum atomic E-state index is -0.401. The number of aromatic nitrogens is 1. The van der Waals surface area contributed by atoms with Crippen molar-refractivity contribution in [1.29, 1.82) is 0 Å². The largest absolute Gasteiger partial charge is 0.454 e. The molecule has 0 unspecified atom stereocenters. The van der Waals surface area contributed by atoms with Crippen LogP contribution in [0, 0.1) is 5.82 Å². The minimum absolute atomic E-state index is 0.186. The van der Waals surface area contributed by atoms with Gasteiger partial charge in [0, 0.05) is 28.9 Å². The third-order valence-electron chi connectivity index (χ3n) is 2.87. The highest BCUT2D eigenvalue weighted by Gasteiger charge is 2.08. The fourth-order valence-corrected chi connectivity index (χ4v) is 1.92. The predicted octanol–water partition coefficient (Wildman–Crippen LogP) is 3.75. The number of hydrogen-bond donors (Lipinski definition) is 1. The van der Waals surface area contributed by atoms with Crippen LogP contribution in [0.3, 0.4) is 0 Å². The fraction of sp³-hybridized carbons (Fsp3) is 0. The first-order chi connectivity index (χ1) is 9.25. The van der Waals surface area contributed by atoms with Crippen LogP contribution in [0.2, 0.25) is 0 Å². The SMILES string of the molecule is Nc1ccc(Oc2ccccc2F)c2ccncc12. The van der Waals surface area contributed by atoms with Gasteiger partial charge in [-0.3, -0.25) is 4.98 Å². The number of hydrogen-bond acceptors (Lipinski definition) is 3. The smallest absolute Gasteiger partial charge is 0.165 e. The molecular weight excluding hydrogens is 243 g/mol. The molecule has 19 heavy (non-hydrogen) atoms. The number of fused-ring (bicyclic) bond motifs is 1. The van der Waals surface area contributed by atoms with Crippen molar-refractivity contribution in [1.82, 2.24) is 4.98 Å². The van der Waals surface area contributed by atoms with Crippen LogP contribution >= 0.6 is 0 Å². The summed E-state index contributed by atoms with van der Waals surface area (Å²) in [6, 6.07) is 11.5. The highest BCUT2D eigenvalue weighted by molar-refractivity contribution is 5.96. The zero-order valence-electron chi connectivity index (χ0n) is 10.0. The van der Waals surface area contributed by atoms with E-state index in [1.54, 1.807) is 48.8 Å². The van der Waals surface area contributed by atoms with E-state index in [0.29, 0.717) is 11.4 Å². The molecule has 0 atom stereocenters. The summed E-state index contributed by atoms with van der Waals surface area (Å²) in [6.07, 6.45) is 3.31. The molecule has 0 radical (unpaired) electrons. The van der Waals surface area contributed by atoms with Gasteiger partial charge in [-0.2, -0.15) is 0 Å². The average Bonchev–Trinajstić information content (AvgIpc) is 2.44. The zero-order chi connectivity index (χ0) is 13.2. The van der Waals surface area contributed by atoms with Crippen molar-refractivity contribution in [3.05, 3.63) is 60.7 Å². The van der Waals surface area contributed by atoms with Crippen LogP contribution in [0.25, 0.3) is 10.8 Å². The molecule has 1 heterocycles. The maximum atomic E-state index is 13.6. The molecule has 0 aliphatic carbocycles. The molecule has 0 saturated carbocycles. The lowest BCUT2D eigenvalue weighted by molar-refractivity contribution is 0.446. The van der Waals surface area contributed by atoms with Crippen molar-refractivity contribution < 1.29 is 9.13 Å². The molecule has 94 valence electrons. The van der Waals surface area contributed by atoms with Gasteiger partial charge in [0.15, 0.2) is 11.6 Å². The third kappa shape index (κ3) is 2.08. The topological polar surface area (TPSA) is 48.1 Å². The van der Waals surface area contributed by atoms with Crippen LogP contribution in [0.1, 0.15) is 0 Å². The van der Waals surface area contributed by atoms with Crippen LogP contribution in [-0.4, -0.2) is 4.98 Å². The van der Waals surface area contributed by atoms with Gasteiger partial charge in [0.1, 0.15) is 5.75 Å². The molecule has 0 saturated heterocycles. The Morgan fingerprint density at radius 3 is 2.63 bits per heavy atom. The van der Waals surface area contributed by atoms with E-state index in [2.05, 4.69) is 4.98 Å². The van der Waals surface area contributed by atoms with Gasteiger partial charge < -0.3 is 10.5 Å². The summed E-state index contributed by atoms with van der Waals surface area (Å²) >= 11 is 0. The first kappa shape index (κ1) is 11.5. The fourth-order valence-electron chi connectivity index (χ4n) is 1.92. The third-order valence-corrected chi connectivity index (χ3v) is 2.87. The summed E-state index contributed by atoms with van der Waals surface area (Å²) < 4.78 is 19.2. The molecule has 0 bridgehead atoms. The number of nitrogens with two attached hydrogens (primary N) is 1. The number of pyridine rings is 1. The van der Waals surface area contributed by atoms with E-state index in [0.717, 1.165) is 10.8 Å². The quantitative estimate of drug-likeness (QED) is 0.708. The molecule has 1 aromatic heterocycles. The van der Waals surface area contributed by atoms with Crippen LogP contribution in [0.4, 0.5) is 10.1 Å². The Bertz CT molecular complexity index is 743. The molecular formula is C15H11FN2O. The molecule has 3 aromatic rings. The molecule has 0 fully saturated rings. The summed E-state index contributed by atoms with van der Waals surface area (Å²) in [5.74, 6) is 0.337. The van der Waals surface area contributed by atoms with Crippen LogP contribution < -0.4 is 10.5 Å². The van der Waals surface area contributed by atoms with Gasteiger partial charge >= 0.3 is 0 Å². The standard InChI is InChI=1S/C15H11FN2O/c16-12-3-1-2-4-15(12)19-14-6-5-13(17)11-9-18-8-7-10(11)14/h1-9H,17H2. The van der Waals surface area contributed by atoms with E-state index in [1.165, 1.54) is 6.07 Å². The van der Waals surface area contributed by atoms with Gasteiger partial charge in [0.25, 0.3) is 0 Å². The number of nitrogens with zero attached hydrogens (tertiary/aromatic N) is 1. The van der Waals surface area contributed by atoms with E-state index in [4.69, 9.17) is 10.5 Å². The Morgan fingerprint density at radius 1 is 0.947 bits per heavy atom. The van der Waals surface area contributed by atoms with Gasteiger partial charge in [0.05, 0.1) is 0 Å². The zero-order valence-corrected chi connectivity index (χ0v) is 10.0. The number of ether oxygens (including phenoxy) is 1. The first-order valence-corrected chi connectivity index (χ1v) is 5.80. The van der Waals surface area contributed by atoms with Gasteiger partial charge in [0.2, 0.25) is 0 Å². The van der Waals surface area contributed by atoms with E-state index in [9.17, 15) is 4.39 Å². The lowest BCUT2D eigenvalue weighted by atomic mass is 10.1. The maximum absolute atomic E-state index is 13.6. The Kier molecular flexibility index (Phi) is 2.76. The lowest BCUT2D eigenvalue weighted by Gasteiger charge is -2.10. The number of nitrogen functional groups attached to an aromatic ring is 1. The molecule has 0 aliphatic heterocycles. The molecule has 4 heteroatoms. The number of anilines is 1. The second-order valence-electron chi connectivity index (χ2n) is 4.11. The van der Waals surface area contributed by atoms with Gasteiger partial charge in [-0.1, -0.05) is 12.1 Å². The molecule has 2 N–H and O–H groups in total. The highest BCUT2D eigenvalue weighted by atomic mass is 19.1. The van der Waals surface area contributed by atoms with Gasteiger partial charge in [-0.05, 0) is 30.3 Å². The molecule has 3 rings (SSSR count). The number of benzene rings is 2. The molecule has 0 amide bonds. The Balaban J connectivity index is 2.12. The first-order valence-electron chi connectivity index (χ1n) is 5.80. The Labute approximate surface area is 109 Å². The average molecular weight is 254 g/mol. The summed E-state index contributed by atoms with van der Waals surface area (Å²) in [4.78, 5) is 4.03. The normalized spacial score (nSPS) is 10.6. The van der Waals surface area contributed by atoms with Crippen molar-refractivity contribution in [3.63, 3.8) is 0 Å². The van der Waals surface area contributed by atoms with Gasteiger partial charge in [-0.15, -0.1) is 0 Å². The second kappa shape index (κ2) is 4.57. The van der Waals surface area contributed by atoms with Gasteiger partial charge in [-0.25, -0.2) is 4.39 Å². The number of para-hydroxylation sites is 1. The summed E-state index contributed by atoms with van der Waals surface area (Å²) in [5.41, 5.74) is 6.49. The Hall–Kier alpha value is -2.62. The molecule has 0 spiro atoms. The second-order valence-corrected chi connectivity index (χ2v) is 4.11. The number of rotatable bonds is 2. The van der Waals surface area contributed by atoms with Crippen molar-refractivity contribution in [2.75, 3.05) is 5.73 Å². The van der Waals surface area contributed by atoms with Crippen molar-refractivity contribution in [3.8, 4) is 11.5 Å². The number of halogens is 1. The summed E-state index contributed by atoms with van der Waals surface area (Å²) in [6.45, 7) is 0. The van der Waals surface area contributed by atoms with E-state index >= 15 is 0 Å². The van der Waals surface area contributed by atoms with Crippen LogP contribution in [0.15, 0.2) is 54.9 Å². The van der Waals surface area contributed by atoms with Crippen LogP contribution in [0.5, 0.6) is 11.5 Å². The summed E-state index contributed by atoms with van der Waals surface area (Å²) in [7, 11) is 0. The molecule has 2 aromatic carbocycles. The highest BCUT2D eigenvalue weighted by Crippen LogP contribution is 2.33. The molecule has 3 nitrogen and oxygen atoms in total. The lowest BCUT2D eigenvalue weighted by Crippen LogP contribution is -1.92. The monoisotopic (exact) mass is 254 g/mol. The van der Waals surface area contributed by atoms with E-state index < -0.39 is 5.82 Å². The predicted molar refractivity (Wildman–Crippen MR) is 72.6 cm³/mol. The minimum Gasteiger partial charge on any atom is -0.454 e. The maximum Gasteiger partial charge on any atom is 0.165 e. The van der Waals surface area contributed by atoms with Crippen molar-refractivity contribution in [2.24, 2.45) is 0 Å². The summed E-state index contributed by atoms with van der Waals surface area (Å²) in [5, 5.41) is 1.59.